The summed E-state index contributed by atoms with van der Waals surface area (Å²) in [6.07, 6.45) is 4.89. The molecule has 0 radical (unpaired) electrons. The number of fused-ring (bicyclic) bond motifs is 2. The molecule has 1 aromatic carbocycles. The van der Waals surface area contributed by atoms with E-state index in [4.69, 9.17) is 24.5 Å². The minimum Gasteiger partial charge on any atom is -0.378 e. The Hall–Kier alpha value is -2.97. The van der Waals surface area contributed by atoms with Crippen LogP contribution in [0.25, 0.3) is 32.5 Å². The Kier molecular flexibility index (Phi) is 7.69. The molecule has 4 aromatic rings. The van der Waals surface area contributed by atoms with Gasteiger partial charge in [-0.05, 0) is 31.4 Å². The number of rotatable bonds is 5. The van der Waals surface area contributed by atoms with Crippen LogP contribution in [0, 0.1) is 0 Å². The number of anilines is 1. The maximum absolute atomic E-state index is 11.8. The molecule has 3 aliphatic heterocycles. The van der Waals surface area contributed by atoms with Gasteiger partial charge in [-0.3, -0.25) is 4.90 Å². The number of thiophene rings is 1. The molecule has 0 bridgehead atoms. The fourth-order valence-corrected chi connectivity index (χ4v) is 7.13. The third kappa shape index (κ3) is 5.48. The van der Waals surface area contributed by atoms with Crippen molar-refractivity contribution in [3.05, 3.63) is 35.3 Å². The zero-order valence-corrected chi connectivity index (χ0v) is 24.5. The summed E-state index contributed by atoms with van der Waals surface area (Å²) in [6.45, 7) is 7.33. The Balaban J connectivity index is 1.23. The van der Waals surface area contributed by atoms with Crippen molar-refractivity contribution in [1.82, 2.24) is 29.5 Å². The Labute approximate surface area is 247 Å². The summed E-state index contributed by atoms with van der Waals surface area (Å²) in [7, 11) is 0. The average molecular weight is 596 g/mol. The van der Waals surface area contributed by atoms with Crippen LogP contribution in [0.3, 0.4) is 0 Å². The summed E-state index contributed by atoms with van der Waals surface area (Å²) in [5.41, 5.74) is 2.84. The Morgan fingerprint density at radius 3 is 2.68 bits per heavy atom. The van der Waals surface area contributed by atoms with Crippen molar-refractivity contribution in [2.24, 2.45) is 0 Å². The van der Waals surface area contributed by atoms with Crippen molar-refractivity contribution in [2.75, 3.05) is 64.0 Å². The molecule has 3 saturated heterocycles. The quantitative estimate of drug-likeness (QED) is 0.267. The topological polar surface area (TPSA) is 98.1 Å². The van der Waals surface area contributed by atoms with E-state index in [1.165, 1.54) is 4.88 Å². The van der Waals surface area contributed by atoms with E-state index < -0.39 is 0 Å². The molecule has 7 rings (SSSR count). The summed E-state index contributed by atoms with van der Waals surface area (Å²) in [5, 5.41) is 5.89. The molecule has 1 unspecified atom stereocenters. The standard InChI is InChI=1S/C28H33N7O4S2/c36-28(39-40)34-9-7-32(8-10-34)17-19-16-23-25(41-19)27(33-11-14-37-15-12-33)30-26(29-23)20-4-3-5-22-21(20)18-35(31-22)24-6-1-2-13-38-24/h3-5,16,18,24,40H,1-2,6-15,17H2. The van der Waals surface area contributed by atoms with E-state index in [2.05, 4.69) is 45.2 Å². The summed E-state index contributed by atoms with van der Waals surface area (Å²) >= 11 is 5.41. The number of hydrogen-bond donors (Lipinski definition) is 1. The van der Waals surface area contributed by atoms with Crippen LogP contribution in [0.4, 0.5) is 10.6 Å². The van der Waals surface area contributed by atoms with Gasteiger partial charge in [-0.2, -0.15) is 5.10 Å². The van der Waals surface area contributed by atoms with Gasteiger partial charge < -0.3 is 23.5 Å². The van der Waals surface area contributed by atoms with Gasteiger partial charge >= 0.3 is 6.09 Å². The lowest BCUT2D eigenvalue weighted by atomic mass is 10.1. The normalized spacial score (nSPS) is 20.7. The first-order valence-corrected chi connectivity index (χ1v) is 15.4. The van der Waals surface area contributed by atoms with E-state index in [0.717, 1.165) is 91.1 Å². The van der Waals surface area contributed by atoms with Crippen LogP contribution in [0.15, 0.2) is 30.5 Å². The van der Waals surface area contributed by atoms with Gasteiger partial charge in [0.25, 0.3) is 0 Å². The van der Waals surface area contributed by atoms with E-state index in [-0.39, 0.29) is 12.3 Å². The minimum atomic E-state index is -0.389. The molecule has 0 aliphatic carbocycles. The Bertz CT molecular complexity index is 1540. The number of carbonyl (C=O) groups excluding carboxylic acids is 1. The lowest BCUT2D eigenvalue weighted by molar-refractivity contribution is -0.0390. The van der Waals surface area contributed by atoms with E-state index in [9.17, 15) is 4.79 Å². The first-order chi connectivity index (χ1) is 20.2. The number of hydrogen-bond acceptors (Lipinski definition) is 11. The van der Waals surface area contributed by atoms with Gasteiger partial charge in [0.15, 0.2) is 11.6 Å². The maximum atomic E-state index is 11.8. The Morgan fingerprint density at radius 2 is 1.90 bits per heavy atom. The number of nitrogens with zero attached hydrogens (tertiary/aromatic N) is 7. The molecule has 0 spiro atoms. The van der Waals surface area contributed by atoms with Crippen LogP contribution in [0.1, 0.15) is 30.4 Å². The number of carbonyl (C=O) groups is 1. The van der Waals surface area contributed by atoms with E-state index in [1.54, 1.807) is 16.2 Å². The highest BCUT2D eigenvalue weighted by Crippen LogP contribution is 2.37. The number of morpholine rings is 1. The molecular weight excluding hydrogens is 562 g/mol. The van der Waals surface area contributed by atoms with Crippen molar-refractivity contribution in [1.29, 1.82) is 0 Å². The zero-order chi connectivity index (χ0) is 27.8. The Morgan fingerprint density at radius 1 is 1.05 bits per heavy atom. The molecule has 216 valence electrons. The largest absolute Gasteiger partial charge is 0.421 e. The third-order valence-electron chi connectivity index (χ3n) is 8.06. The molecule has 1 atom stereocenters. The molecule has 3 aliphatic rings. The summed E-state index contributed by atoms with van der Waals surface area (Å²) < 4.78 is 19.3. The molecular formula is C28H33N7O4S2. The van der Waals surface area contributed by atoms with Gasteiger partial charge in [0.2, 0.25) is 0 Å². The van der Waals surface area contributed by atoms with Crippen molar-refractivity contribution < 1.29 is 18.5 Å². The van der Waals surface area contributed by atoms with Gasteiger partial charge in [0, 0.05) is 87.4 Å². The maximum Gasteiger partial charge on any atom is 0.421 e. The fourth-order valence-electron chi connectivity index (χ4n) is 5.86. The average Bonchev–Trinajstić information content (AvgIpc) is 3.65. The second-order valence-corrected chi connectivity index (χ2v) is 12.0. The third-order valence-corrected chi connectivity index (χ3v) is 9.32. The van der Waals surface area contributed by atoms with Gasteiger partial charge in [0.05, 0.1) is 28.9 Å². The number of piperazine rings is 1. The lowest BCUT2D eigenvalue weighted by Crippen LogP contribution is -2.47. The summed E-state index contributed by atoms with van der Waals surface area (Å²) in [5.74, 6) is 1.67. The van der Waals surface area contributed by atoms with Crippen LogP contribution in [0.2, 0.25) is 0 Å². The van der Waals surface area contributed by atoms with Crippen LogP contribution in [-0.4, -0.2) is 94.7 Å². The molecule has 11 nitrogen and oxygen atoms in total. The van der Waals surface area contributed by atoms with Crippen LogP contribution in [-0.2, 0) is 20.2 Å². The van der Waals surface area contributed by atoms with Gasteiger partial charge in [0.1, 0.15) is 6.23 Å². The van der Waals surface area contributed by atoms with Crippen molar-refractivity contribution in [3.63, 3.8) is 0 Å². The minimum absolute atomic E-state index is 0.0267. The molecule has 41 heavy (non-hydrogen) atoms. The van der Waals surface area contributed by atoms with Crippen molar-refractivity contribution >= 4 is 57.3 Å². The number of ether oxygens (including phenoxy) is 2. The van der Waals surface area contributed by atoms with Gasteiger partial charge in [-0.25, -0.2) is 19.4 Å². The molecule has 1 amide bonds. The summed E-state index contributed by atoms with van der Waals surface area (Å²) in [4.78, 5) is 29.7. The second kappa shape index (κ2) is 11.7. The van der Waals surface area contributed by atoms with Gasteiger partial charge in [-0.1, -0.05) is 12.1 Å². The smallest absolute Gasteiger partial charge is 0.378 e. The molecule has 3 aromatic heterocycles. The SMILES string of the molecule is O=C(OS)N1CCN(Cc2cc3nc(-c4cccc5nn(C6CCCCO6)cc45)nc(N4CCOCC4)c3s2)CC1. The predicted octanol–water partition coefficient (Wildman–Crippen LogP) is 4.34. The van der Waals surface area contributed by atoms with E-state index >= 15 is 0 Å². The van der Waals surface area contributed by atoms with Crippen molar-refractivity contribution in [3.8, 4) is 11.4 Å². The monoisotopic (exact) mass is 595 g/mol. The molecule has 3 fully saturated rings. The first kappa shape index (κ1) is 26.9. The number of aromatic nitrogens is 4. The zero-order valence-electron chi connectivity index (χ0n) is 22.8. The highest BCUT2D eigenvalue weighted by molar-refractivity contribution is 7.75. The second-order valence-electron chi connectivity index (χ2n) is 10.7. The van der Waals surface area contributed by atoms with Crippen LogP contribution >= 0.6 is 24.2 Å². The van der Waals surface area contributed by atoms with E-state index in [0.29, 0.717) is 32.1 Å². The molecule has 0 saturated carbocycles. The van der Waals surface area contributed by atoms with Crippen LogP contribution in [0.5, 0.6) is 0 Å². The first-order valence-electron chi connectivity index (χ1n) is 14.2. The van der Waals surface area contributed by atoms with Crippen LogP contribution < -0.4 is 4.90 Å². The molecule has 0 N–H and O–H groups in total. The lowest BCUT2D eigenvalue weighted by Gasteiger charge is -2.33. The number of thiol groups is 1. The predicted molar refractivity (Wildman–Crippen MR) is 160 cm³/mol. The molecule has 6 heterocycles. The van der Waals surface area contributed by atoms with E-state index in [1.807, 2.05) is 16.8 Å². The number of amides is 1. The number of benzene rings is 1. The molecule has 13 heteroatoms. The summed E-state index contributed by atoms with van der Waals surface area (Å²) in [6, 6.07) is 8.35. The van der Waals surface area contributed by atoms with Gasteiger partial charge in [-0.15, -0.1) is 11.3 Å². The highest BCUT2D eigenvalue weighted by Gasteiger charge is 2.25. The fraction of sp³-hybridized carbons (Fsp3) is 0.500. The highest BCUT2D eigenvalue weighted by atomic mass is 32.1. The van der Waals surface area contributed by atoms with Crippen molar-refractivity contribution in [2.45, 2.75) is 32.0 Å².